The summed E-state index contributed by atoms with van der Waals surface area (Å²) < 4.78 is 15.9. The molecule has 1 heterocycles. The highest BCUT2D eigenvalue weighted by Crippen LogP contribution is 2.38. The Kier molecular flexibility index (Phi) is 20.1. The first-order valence-electron chi connectivity index (χ1n) is 25.5. The number of ether oxygens (including phenoxy) is 3. The van der Waals surface area contributed by atoms with Gasteiger partial charge in [0.2, 0.25) is 5.91 Å². The summed E-state index contributed by atoms with van der Waals surface area (Å²) in [6.07, 6.45) is 5.19. The molecule has 0 bridgehead atoms. The largest absolute Gasteiger partial charge is 0.514 e. The van der Waals surface area contributed by atoms with Gasteiger partial charge < -0.3 is 19.5 Å². The summed E-state index contributed by atoms with van der Waals surface area (Å²) in [4.78, 5) is 90.5. The molecule has 0 spiro atoms. The first kappa shape index (κ1) is 55.2. The Hall–Kier alpha value is -8.56. The molecule has 0 saturated heterocycles. The zero-order valence-electron chi connectivity index (χ0n) is 42.5. The zero-order chi connectivity index (χ0) is 53.7. The topological polar surface area (TPSA) is 201 Å². The quantitative estimate of drug-likeness (QED) is 0.00858. The maximum Gasteiger partial charge on any atom is 0.514 e. The Bertz CT molecular complexity index is 2870. The Morgan fingerprint density at radius 1 is 0.645 bits per heavy atom. The Balaban J connectivity index is 1.04. The van der Waals surface area contributed by atoms with E-state index in [-0.39, 0.29) is 73.7 Å². The molecule has 1 aliphatic rings. The van der Waals surface area contributed by atoms with Gasteiger partial charge in [0.15, 0.2) is 5.78 Å². The molecule has 6 aromatic rings. The van der Waals surface area contributed by atoms with Gasteiger partial charge in [-0.25, -0.2) is 4.79 Å². The number of rotatable bonds is 29. The third-order valence-electron chi connectivity index (χ3n) is 13.4. The van der Waals surface area contributed by atoms with Crippen LogP contribution >= 0.6 is 0 Å². The monoisotopic (exact) mass is 1030 g/mol. The lowest BCUT2D eigenvalue weighted by molar-refractivity contribution is -0.384. The zero-order valence-corrected chi connectivity index (χ0v) is 42.5. The number of benzene rings is 6. The Morgan fingerprint density at radius 3 is 1.83 bits per heavy atom. The average molecular weight is 1030 g/mol. The standard InChI is InChI=1S/C61H62N4O11/c1-74-53-32-28-50(29-33-53)61(48-18-8-3-9-19-48,49-20-10-4-11-21-49)62-38-14-13-23-55(56(67)41-45-24-26-46(27-25-45)43-75-60(71)76-54-34-30-51(31-35-54)65(72)73)63-59(70)47(40-44-16-6-2-7-17-44)42-52(66)22-12-5-15-39-64-57(68)36-37-58(64)69/h2-4,6-11,16-21,24-37,47,55,62H,5,12-15,22-23,38-43H2,1H3,(H,63,70)/t47-,55+/m1/s1. The summed E-state index contributed by atoms with van der Waals surface area (Å²) >= 11 is 0. The van der Waals surface area contributed by atoms with E-state index in [0.717, 1.165) is 28.0 Å². The predicted octanol–water partition coefficient (Wildman–Crippen LogP) is 9.97. The highest BCUT2D eigenvalue weighted by Gasteiger charge is 2.36. The van der Waals surface area contributed by atoms with E-state index < -0.39 is 34.5 Å². The van der Waals surface area contributed by atoms with Crippen molar-refractivity contribution in [3.05, 3.63) is 219 Å². The fourth-order valence-electron chi connectivity index (χ4n) is 9.31. The number of Topliss-reactive ketones (excluding diaryl/α,β-unsaturated/α-hetero) is 2. The Labute approximate surface area is 442 Å². The van der Waals surface area contributed by atoms with Gasteiger partial charge in [-0.3, -0.25) is 44.3 Å². The maximum atomic E-state index is 14.5. The lowest BCUT2D eigenvalue weighted by Crippen LogP contribution is -2.46. The molecular formula is C61H62N4O11. The van der Waals surface area contributed by atoms with E-state index in [1.165, 1.54) is 41.3 Å². The number of imide groups is 1. The van der Waals surface area contributed by atoms with Crippen molar-refractivity contribution in [3.63, 3.8) is 0 Å². The lowest BCUT2D eigenvalue weighted by Gasteiger charge is -2.37. The molecule has 15 nitrogen and oxygen atoms in total. The molecule has 15 heteroatoms. The number of unbranched alkanes of at least 4 members (excludes halogenated alkanes) is 3. The summed E-state index contributed by atoms with van der Waals surface area (Å²) in [7, 11) is 1.64. The summed E-state index contributed by atoms with van der Waals surface area (Å²) in [5, 5.41) is 18.0. The number of carbonyl (C=O) groups is 6. The van der Waals surface area contributed by atoms with Crippen LogP contribution in [-0.2, 0) is 53.7 Å². The Morgan fingerprint density at radius 2 is 1.22 bits per heavy atom. The molecule has 0 fully saturated rings. The van der Waals surface area contributed by atoms with Crippen LogP contribution in [-0.4, -0.2) is 71.5 Å². The fourth-order valence-corrected chi connectivity index (χ4v) is 9.31. The average Bonchev–Trinajstić information content (AvgIpc) is 3.81. The number of nitro groups is 1. The van der Waals surface area contributed by atoms with Crippen LogP contribution in [0.1, 0.15) is 84.7 Å². The van der Waals surface area contributed by atoms with Crippen molar-refractivity contribution in [2.75, 3.05) is 20.2 Å². The molecule has 0 aromatic heterocycles. The van der Waals surface area contributed by atoms with Crippen molar-refractivity contribution in [2.24, 2.45) is 5.92 Å². The molecule has 0 aliphatic carbocycles. The molecule has 2 atom stereocenters. The first-order chi connectivity index (χ1) is 36.9. The van der Waals surface area contributed by atoms with Gasteiger partial charge in [0.05, 0.1) is 23.6 Å². The highest BCUT2D eigenvalue weighted by atomic mass is 16.7. The van der Waals surface area contributed by atoms with E-state index in [1.807, 2.05) is 78.9 Å². The molecule has 2 N–H and O–H groups in total. The van der Waals surface area contributed by atoms with Crippen LogP contribution in [0.3, 0.4) is 0 Å². The number of carbonyl (C=O) groups excluding carboxylic acids is 6. The van der Waals surface area contributed by atoms with Crippen molar-refractivity contribution in [1.29, 1.82) is 0 Å². The predicted molar refractivity (Wildman–Crippen MR) is 286 cm³/mol. The normalized spacial score (nSPS) is 12.9. The van der Waals surface area contributed by atoms with Crippen molar-refractivity contribution < 1.29 is 47.9 Å². The number of amides is 3. The number of hydrogen-bond acceptors (Lipinski definition) is 12. The summed E-state index contributed by atoms with van der Waals surface area (Å²) in [5.74, 6) is -1.33. The number of ketones is 2. The lowest BCUT2D eigenvalue weighted by atomic mass is 9.77. The molecule has 76 heavy (non-hydrogen) atoms. The third-order valence-corrected chi connectivity index (χ3v) is 13.4. The first-order valence-corrected chi connectivity index (χ1v) is 25.5. The number of hydrogen-bond donors (Lipinski definition) is 2. The molecule has 0 saturated carbocycles. The maximum absolute atomic E-state index is 14.5. The van der Waals surface area contributed by atoms with Gasteiger partial charge >= 0.3 is 6.16 Å². The minimum absolute atomic E-state index is 0.0118. The van der Waals surface area contributed by atoms with Crippen LogP contribution < -0.4 is 20.1 Å². The minimum Gasteiger partial charge on any atom is -0.497 e. The molecule has 0 unspecified atom stereocenters. The summed E-state index contributed by atoms with van der Waals surface area (Å²) in [6.45, 7) is 0.680. The van der Waals surface area contributed by atoms with Crippen LogP contribution in [0, 0.1) is 16.0 Å². The molecule has 1 aliphatic heterocycles. The van der Waals surface area contributed by atoms with Gasteiger partial charge in [0, 0.05) is 56.0 Å². The SMILES string of the molecule is COc1ccc(C(NCCCC[C@H](NC(=O)[C@@H](CC(=O)CCCCCN2C(=O)C=CC2=O)Cc2ccccc2)C(=O)Cc2ccc(COC(=O)Oc3ccc([N+](=O)[O-])cc3)cc2)(c2ccccc2)c2ccccc2)cc1. The van der Waals surface area contributed by atoms with E-state index in [0.29, 0.717) is 56.2 Å². The van der Waals surface area contributed by atoms with E-state index in [9.17, 15) is 38.9 Å². The number of non-ortho nitro benzene ring substituents is 1. The van der Waals surface area contributed by atoms with E-state index in [4.69, 9.17) is 14.2 Å². The molecule has 6 aromatic carbocycles. The summed E-state index contributed by atoms with van der Waals surface area (Å²) in [5.41, 5.74) is 4.36. The number of methoxy groups -OCH3 is 1. The fraction of sp³-hybridized carbons (Fsp3) is 0.279. The second-order valence-corrected chi connectivity index (χ2v) is 18.6. The van der Waals surface area contributed by atoms with Crippen molar-refractivity contribution in [1.82, 2.24) is 15.5 Å². The molecule has 0 radical (unpaired) electrons. The van der Waals surface area contributed by atoms with E-state index >= 15 is 0 Å². The van der Waals surface area contributed by atoms with Crippen LogP contribution in [0.4, 0.5) is 10.5 Å². The van der Waals surface area contributed by atoms with Gasteiger partial charge in [-0.15, -0.1) is 0 Å². The van der Waals surface area contributed by atoms with Crippen molar-refractivity contribution >= 4 is 41.1 Å². The van der Waals surface area contributed by atoms with Crippen molar-refractivity contribution in [2.45, 2.75) is 82.4 Å². The van der Waals surface area contributed by atoms with Gasteiger partial charge in [-0.2, -0.15) is 0 Å². The van der Waals surface area contributed by atoms with Gasteiger partial charge in [0.25, 0.3) is 17.5 Å². The second kappa shape index (κ2) is 27.7. The minimum atomic E-state index is -0.996. The second-order valence-electron chi connectivity index (χ2n) is 18.6. The molecular weight excluding hydrogens is 965 g/mol. The number of nitrogens with one attached hydrogen (secondary N) is 2. The smallest absolute Gasteiger partial charge is 0.497 e. The van der Waals surface area contributed by atoms with E-state index in [2.05, 4.69) is 47.0 Å². The van der Waals surface area contributed by atoms with E-state index in [1.54, 1.807) is 31.4 Å². The third kappa shape index (κ3) is 15.5. The van der Waals surface area contributed by atoms with Crippen molar-refractivity contribution in [3.8, 4) is 11.5 Å². The summed E-state index contributed by atoms with van der Waals surface area (Å²) in [6, 6.07) is 49.0. The van der Waals surface area contributed by atoms with Gasteiger partial charge in [-0.1, -0.05) is 134 Å². The van der Waals surface area contributed by atoms with Crippen LogP contribution in [0.15, 0.2) is 176 Å². The number of nitrogens with zero attached hydrogens (tertiary/aromatic N) is 2. The van der Waals surface area contributed by atoms with Gasteiger partial charge in [0.1, 0.15) is 23.9 Å². The van der Waals surface area contributed by atoms with Gasteiger partial charge in [-0.05, 0) is 103 Å². The number of nitro benzene ring substituents is 1. The van der Waals surface area contributed by atoms with Crippen LogP contribution in [0.2, 0.25) is 0 Å². The molecule has 392 valence electrons. The molecule has 3 amide bonds. The van der Waals surface area contributed by atoms with Crippen LogP contribution in [0.25, 0.3) is 0 Å². The highest BCUT2D eigenvalue weighted by molar-refractivity contribution is 6.12. The molecule has 7 rings (SSSR count). The van der Waals surface area contributed by atoms with Crippen LogP contribution in [0.5, 0.6) is 11.5 Å².